The van der Waals surface area contributed by atoms with Gasteiger partial charge in [-0.3, -0.25) is 14.5 Å². The number of ether oxygens (including phenoxy) is 1. The molecule has 4 heteroatoms. The van der Waals surface area contributed by atoms with E-state index in [1.54, 1.807) is 0 Å². The Balaban J connectivity index is 1.85. The van der Waals surface area contributed by atoms with Gasteiger partial charge in [0.15, 0.2) is 0 Å². The van der Waals surface area contributed by atoms with Crippen LogP contribution in [0.5, 0.6) is 0 Å². The number of hydrogen-bond acceptors (Lipinski definition) is 4. The van der Waals surface area contributed by atoms with E-state index < -0.39 is 0 Å². The predicted molar refractivity (Wildman–Crippen MR) is 72.8 cm³/mol. The molecule has 0 N–H and O–H groups in total. The number of ketones is 1. The lowest BCUT2D eigenvalue weighted by Gasteiger charge is -2.38. The zero-order valence-corrected chi connectivity index (χ0v) is 11.9. The molecule has 1 saturated carbocycles. The van der Waals surface area contributed by atoms with Crippen molar-refractivity contribution in [2.75, 3.05) is 20.2 Å². The fraction of sp³-hybridized carbons (Fsp3) is 0.867. The minimum atomic E-state index is -0.134. The average Bonchev–Trinajstić information content (AvgIpc) is 2.85. The van der Waals surface area contributed by atoms with Crippen LogP contribution in [0, 0.1) is 5.92 Å². The summed E-state index contributed by atoms with van der Waals surface area (Å²) in [5, 5.41) is 0. The van der Waals surface area contributed by atoms with Crippen LogP contribution in [-0.4, -0.2) is 42.9 Å². The van der Waals surface area contributed by atoms with Crippen molar-refractivity contribution in [2.24, 2.45) is 5.92 Å². The van der Waals surface area contributed by atoms with Gasteiger partial charge in [0.05, 0.1) is 7.11 Å². The summed E-state index contributed by atoms with van der Waals surface area (Å²) in [5.74, 6) is 0.591. The molecule has 2 unspecified atom stereocenters. The number of methoxy groups -OCH3 is 1. The number of carbonyl (C=O) groups excluding carboxylic acids is 2. The van der Waals surface area contributed by atoms with Gasteiger partial charge in [-0.15, -0.1) is 0 Å². The van der Waals surface area contributed by atoms with Crippen LogP contribution in [-0.2, 0) is 14.3 Å². The SMILES string of the molecule is COC(=O)CCCN1CCCCC1C1CCCC1=O. The number of rotatable bonds is 5. The Hall–Kier alpha value is -0.900. The molecule has 0 bridgehead atoms. The zero-order chi connectivity index (χ0) is 13.7. The molecule has 0 radical (unpaired) electrons. The van der Waals surface area contributed by atoms with Crippen molar-refractivity contribution in [1.82, 2.24) is 4.90 Å². The molecule has 1 saturated heterocycles. The van der Waals surface area contributed by atoms with Crippen LogP contribution in [0.25, 0.3) is 0 Å². The monoisotopic (exact) mass is 267 g/mol. The fourth-order valence-electron chi connectivity index (χ4n) is 3.53. The molecule has 108 valence electrons. The van der Waals surface area contributed by atoms with E-state index in [2.05, 4.69) is 9.64 Å². The normalized spacial score (nSPS) is 28.6. The molecule has 2 atom stereocenters. The highest BCUT2D eigenvalue weighted by Crippen LogP contribution is 2.32. The standard InChI is InChI=1S/C15H25NO3/c1-19-15(18)9-5-11-16-10-3-2-7-13(16)12-6-4-8-14(12)17/h12-13H,2-11H2,1H3. The van der Waals surface area contributed by atoms with E-state index in [1.807, 2.05) is 0 Å². The van der Waals surface area contributed by atoms with Crippen LogP contribution < -0.4 is 0 Å². The Morgan fingerprint density at radius 1 is 1.32 bits per heavy atom. The summed E-state index contributed by atoms with van der Waals surface area (Å²) < 4.78 is 4.67. The molecule has 0 spiro atoms. The number of nitrogens with zero attached hydrogens (tertiary/aromatic N) is 1. The summed E-state index contributed by atoms with van der Waals surface area (Å²) >= 11 is 0. The first kappa shape index (κ1) is 14.5. The van der Waals surface area contributed by atoms with Gasteiger partial charge < -0.3 is 4.74 Å². The van der Waals surface area contributed by atoms with Crippen molar-refractivity contribution in [3.05, 3.63) is 0 Å². The summed E-state index contributed by atoms with van der Waals surface area (Å²) in [7, 11) is 1.43. The van der Waals surface area contributed by atoms with Gasteiger partial charge in [-0.1, -0.05) is 6.42 Å². The maximum atomic E-state index is 11.9. The van der Waals surface area contributed by atoms with Gasteiger partial charge in [0.25, 0.3) is 0 Å². The molecule has 1 aliphatic carbocycles. The predicted octanol–water partition coefficient (Wildman–Crippen LogP) is 2.16. The number of carbonyl (C=O) groups is 2. The van der Waals surface area contributed by atoms with Gasteiger partial charge in [-0.2, -0.15) is 0 Å². The van der Waals surface area contributed by atoms with Gasteiger partial charge in [0, 0.05) is 24.8 Å². The van der Waals surface area contributed by atoms with E-state index in [-0.39, 0.29) is 11.9 Å². The van der Waals surface area contributed by atoms with Crippen molar-refractivity contribution >= 4 is 11.8 Å². The fourth-order valence-corrected chi connectivity index (χ4v) is 3.53. The molecule has 0 aromatic rings. The Morgan fingerprint density at radius 3 is 2.84 bits per heavy atom. The van der Waals surface area contributed by atoms with E-state index in [9.17, 15) is 9.59 Å². The molecular formula is C15H25NO3. The molecule has 0 amide bonds. The maximum absolute atomic E-state index is 11.9. The van der Waals surface area contributed by atoms with E-state index in [0.29, 0.717) is 18.2 Å². The number of esters is 1. The number of Topliss-reactive ketones (excluding diaryl/α,β-unsaturated/α-hetero) is 1. The lowest BCUT2D eigenvalue weighted by Crippen LogP contribution is -2.45. The van der Waals surface area contributed by atoms with Crippen LogP contribution >= 0.6 is 0 Å². The van der Waals surface area contributed by atoms with Gasteiger partial charge in [0.2, 0.25) is 0 Å². The van der Waals surface area contributed by atoms with Crippen molar-refractivity contribution in [3.63, 3.8) is 0 Å². The van der Waals surface area contributed by atoms with Crippen LogP contribution in [0.1, 0.15) is 51.4 Å². The molecule has 19 heavy (non-hydrogen) atoms. The first-order chi connectivity index (χ1) is 9.22. The second-order valence-electron chi connectivity index (χ2n) is 5.74. The summed E-state index contributed by atoms with van der Waals surface area (Å²) in [6.07, 6.45) is 7.83. The highest BCUT2D eigenvalue weighted by atomic mass is 16.5. The minimum absolute atomic E-state index is 0.134. The van der Waals surface area contributed by atoms with E-state index >= 15 is 0 Å². The van der Waals surface area contributed by atoms with Gasteiger partial charge >= 0.3 is 5.97 Å². The number of hydrogen-bond donors (Lipinski definition) is 0. The quantitative estimate of drug-likeness (QED) is 0.716. The highest BCUT2D eigenvalue weighted by molar-refractivity contribution is 5.83. The lowest BCUT2D eigenvalue weighted by atomic mass is 9.88. The second kappa shape index (κ2) is 7.04. The van der Waals surface area contributed by atoms with Gasteiger partial charge in [-0.05, 0) is 45.2 Å². The third kappa shape index (κ3) is 3.78. The minimum Gasteiger partial charge on any atom is -0.469 e. The zero-order valence-electron chi connectivity index (χ0n) is 11.9. The van der Waals surface area contributed by atoms with Gasteiger partial charge in [-0.25, -0.2) is 0 Å². The molecular weight excluding hydrogens is 242 g/mol. The Morgan fingerprint density at radius 2 is 2.16 bits per heavy atom. The smallest absolute Gasteiger partial charge is 0.305 e. The average molecular weight is 267 g/mol. The highest BCUT2D eigenvalue weighted by Gasteiger charge is 2.36. The number of piperidine rings is 1. The van der Waals surface area contributed by atoms with Crippen LogP contribution in [0.15, 0.2) is 0 Å². The molecule has 2 rings (SSSR count). The van der Waals surface area contributed by atoms with Crippen molar-refractivity contribution in [2.45, 2.75) is 57.4 Å². The summed E-state index contributed by atoms with van der Waals surface area (Å²) in [5.41, 5.74) is 0. The third-order valence-corrected chi connectivity index (χ3v) is 4.53. The summed E-state index contributed by atoms with van der Waals surface area (Å²) in [6.45, 7) is 2.00. The molecule has 2 aliphatic rings. The molecule has 4 nitrogen and oxygen atoms in total. The first-order valence-corrected chi connectivity index (χ1v) is 7.56. The summed E-state index contributed by atoms with van der Waals surface area (Å²) in [6, 6.07) is 0.432. The largest absolute Gasteiger partial charge is 0.469 e. The van der Waals surface area contributed by atoms with E-state index in [1.165, 1.54) is 20.0 Å². The Kier molecular flexibility index (Phi) is 5.37. The van der Waals surface area contributed by atoms with Crippen LogP contribution in [0.3, 0.4) is 0 Å². The van der Waals surface area contributed by atoms with E-state index in [4.69, 9.17) is 0 Å². The van der Waals surface area contributed by atoms with Crippen molar-refractivity contribution in [1.29, 1.82) is 0 Å². The topological polar surface area (TPSA) is 46.6 Å². The Bertz CT molecular complexity index is 329. The third-order valence-electron chi connectivity index (χ3n) is 4.53. The molecule has 0 aromatic carbocycles. The van der Waals surface area contributed by atoms with Crippen molar-refractivity contribution < 1.29 is 14.3 Å². The molecule has 0 aromatic heterocycles. The number of likely N-dealkylation sites (tertiary alicyclic amines) is 1. The maximum Gasteiger partial charge on any atom is 0.305 e. The molecule has 1 heterocycles. The molecule has 1 aliphatic heterocycles. The van der Waals surface area contributed by atoms with Gasteiger partial charge in [0.1, 0.15) is 5.78 Å². The lowest BCUT2D eigenvalue weighted by molar-refractivity contribution is -0.141. The van der Waals surface area contributed by atoms with E-state index in [0.717, 1.165) is 45.2 Å². The second-order valence-corrected chi connectivity index (χ2v) is 5.74. The van der Waals surface area contributed by atoms with Crippen molar-refractivity contribution in [3.8, 4) is 0 Å². The van der Waals surface area contributed by atoms with Crippen LogP contribution in [0.4, 0.5) is 0 Å². The Labute approximate surface area is 115 Å². The first-order valence-electron chi connectivity index (χ1n) is 7.56. The van der Waals surface area contributed by atoms with Crippen LogP contribution in [0.2, 0.25) is 0 Å². The molecule has 2 fully saturated rings. The summed E-state index contributed by atoms with van der Waals surface area (Å²) in [4.78, 5) is 25.5.